The first-order chi connectivity index (χ1) is 35.6. The molecule has 0 aromatic heterocycles. The Morgan fingerprint density at radius 2 is 0.877 bits per heavy atom. The molecule has 1 fully saturated rings. The molecule has 0 aromatic rings. The van der Waals surface area contributed by atoms with Gasteiger partial charge < -0.3 is 39.0 Å². The van der Waals surface area contributed by atoms with Gasteiger partial charge in [-0.1, -0.05) is 202 Å². The smallest absolute Gasteiger partial charge is 0.335 e. The maximum Gasteiger partial charge on any atom is 0.335 e. The predicted octanol–water partition coefficient (Wildman–Crippen LogP) is 14.3. The number of carbonyl (C=O) groups is 4. The number of carboxylic acid groups (broad SMARTS) is 1. The van der Waals surface area contributed by atoms with Crippen molar-refractivity contribution in [1.82, 2.24) is 0 Å². The van der Waals surface area contributed by atoms with Crippen LogP contribution in [0.5, 0.6) is 0 Å². The first-order valence-electron chi connectivity index (χ1n) is 28.6. The van der Waals surface area contributed by atoms with Gasteiger partial charge in [-0.15, -0.1) is 0 Å². The zero-order chi connectivity index (χ0) is 53.3. The lowest BCUT2D eigenvalue weighted by molar-refractivity contribution is -0.301. The number of aliphatic hydroxyl groups is 2. The number of allylic oxidation sites excluding steroid dienone is 14. The molecule has 0 aliphatic carbocycles. The van der Waals surface area contributed by atoms with Crippen molar-refractivity contribution in [3.8, 4) is 0 Å². The van der Waals surface area contributed by atoms with E-state index in [9.17, 15) is 34.5 Å². The molecule has 6 atom stereocenters. The lowest BCUT2D eigenvalue weighted by Gasteiger charge is -2.40. The molecule has 0 saturated carbocycles. The van der Waals surface area contributed by atoms with Crippen molar-refractivity contribution < 1.29 is 58.2 Å². The van der Waals surface area contributed by atoms with E-state index in [0.717, 1.165) is 109 Å². The number of esters is 3. The van der Waals surface area contributed by atoms with Crippen molar-refractivity contribution in [2.45, 2.75) is 263 Å². The lowest BCUT2D eigenvalue weighted by atomic mass is 9.98. The average Bonchev–Trinajstić information content (AvgIpc) is 3.37. The highest BCUT2D eigenvalue weighted by molar-refractivity contribution is 5.74. The van der Waals surface area contributed by atoms with Crippen molar-refractivity contribution in [2.24, 2.45) is 0 Å². The van der Waals surface area contributed by atoms with Gasteiger partial charge in [-0.05, 0) is 89.9 Å². The fourth-order valence-electron chi connectivity index (χ4n) is 8.08. The molecule has 0 radical (unpaired) electrons. The molecule has 0 bridgehead atoms. The summed E-state index contributed by atoms with van der Waals surface area (Å²) in [5, 5.41) is 31.4. The number of unbranched alkanes of at least 4 members (excludes halogenated alkanes) is 19. The van der Waals surface area contributed by atoms with Gasteiger partial charge in [0.25, 0.3) is 0 Å². The number of rotatable bonds is 47. The number of carboxylic acids is 1. The zero-order valence-electron chi connectivity index (χ0n) is 45.6. The second-order valence-electron chi connectivity index (χ2n) is 19.2. The van der Waals surface area contributed by atoms with Gasteiger partial charge in [0, 0.05) is 19.3 Å². The van der Waals surface area contributed by atoms with E-state index < -0.39 is 67.3 Å². The Kier molecular flexibility index (Phi) is 44.7. The largest absolute Gasteiger partial charge is 0.479 e. The summed E-state index contributed by atoms with van der Waals surface area (Å²) in [7, 11) is 0. The number of hydrogen-bond acceptors (Lipinski definition) is 11. The summed E-state index contributed by atoms with van der Waals surface area (Å²) >= 11 is 0. The van der Waals surface area contributed by atoms with Gasteiger partial charge >= 0.3 is 23.9 Å². The van der Waals surface area contributed by atoms with Crippen LogP contribution in [-0.4, -0.2) is 89.2 Å². The minimum atomic E-state index is -1.91. The second kappa shape index (κ2) is 48.8. The van der Waals surface area contributed by atoms with Crippen LogP contribution in [0, 0.1) is 0 Å². The van der Waals surface area contributed by atoms with E-state index in [1.165, 1.54) is 51.4 Å². The van der Waals surface area contributed by atoms with Gasteiger partial charge in [-0.3, -0.25) is 14.4 Å². The molecular weight excluding hydrogens is 925 g/mol. The summed E-state index contributed by atoms with van der Waals surface area (Å²) < 4.78 is 28.3. The highest BCUT2D eigenvalue weighted by Gasteiger charge is 2.50. The van der Waals surface area contributed by atoms with E-state index in [1.54, 1.807) is 0 Å². The van der Waals surface area contributed by atoms with E-state index in [4.69, 9.17) is 23.7 Å². The summed E-state index contributed by atoms with van der Waals surface area (Å²) in [6.07, 6.45) is 50.0. The standard InChI is InChI=1S/C61H100O12/c1-4-7-10-13-16-19-21-23-25-27-29-31-33-36-38-41-44-47-53(62)69-50-52(71-54(63)48-45-42-39-35-18-15-12-9-6-3)51-70-61-59(57(66)56(65)58(73-61)60(67)68)72-55(64)49-46-43-40-37-34-32-30-28-26-24-22-20-17-14-11-8-5-2/h7,10,16-17,19-20,23-26,29,31,36,38,52,56-59,61,65-66H,4-6,8-9,11-15,18,21-22,27-28,30,32-35,37,39-51H2,1-3H3,(H,67,68)/b10-7-,19-16-,20-17-,25-23-,26-24-,31-29-,38-36-. The van der Waals surface area contributed by atoms with E-state index >= 15 is 0 Å². The molecule has 0 aromatic carbocycles. The van der Waals surface area contributed by atoms with Crippen LogP contribution < -0.4 is 0 Å². The first-order valence-corrected chi connectivity index (χ1v) is 28.6. The molecule has 1 aliphatic heterocycles. The average molecular weight is 1030 g/mol. The van der Waals surface area contributed by atoms with E-state index in [1.807, 2.05) is 6.08 Å². The van der Waals surface area contributed by atoms with E-state index in [2.05, 4.69) is 99.8 Å². The fraction of sp³-hybridized carbons (Fsp3) is 0.705. The van der Waals surface area contributed by atoms with E-state index in [0.29, 0.717) is 25.7 Å². The molecule has 1 saturated heterocycles. The summed E-state index contributed by atoms with van der Waals surface area (Å²) in [6, 6.07) is 0. The van der Waals surface area contributed by atoms with Crippen LogP contribution in [-0.2, 0) is 42.9 Å². The molecule has 12 heteroatoms. The maximum atomic E-state index is 13.0. The first kappa shape index (κ1) is 66.9. The van der Waals surface area contributed by atoms with Crippen LogP contribution in [0.1, 0.15) is 226 Å². The van der Waals surface area contributed by atoms with Crippen LogP contribution in [0.2, 0.25) is 0 Å². The second-order valence-corrected chi connectivity index (χ2v) is 19.2. The van der Waals surface area contributed by atoms with E-state index in [-0.39, 0.29) is 25.9 Å². The van der Waals surface area contributed by atoms with Crippen molar-refractivity contribution in [3.05, 3.63) is 85.1 Å². The molecule has 0 spiro atoms. The Bertz CT molecular complexity index is 1590. The Morgan fingerprint density at radius 3 is 1.38 bits per heavy atom. The maximum absolute atomic E-state index is 13.0. The third-order valence-corrected chi connectivity index (χ3v) is 12.5. The number of aliphatic carboxylic acids is 1. The quantitative estimate of drug-likeness (QED) is 0.0228. The Morgan fingerprint density at radius 1 is 0.466 bits per heavy atom. The van der Waals surface area contributed by atoms with Gasteiger partial charge in [0.2, 0.25) is 0 Å². The van der Waals surface area contributed by atoms with Gasteiger partial charge in [0.1, 0.15) is 18.8 Å². The molecule has 6 unspecified atom stereocenters. The predicted molar refractivity (Wildman–Crippen MR) is 294 cm³/mol. The van der Waals surface area contributed by atoms with Gasteiger partial charge in [-0.25, -0.2) is 4.79 Å². The third kappa shape index (κ3) is 39.0. The topological polar surface area (TPSA) is 175 Å². The molecule has 12 nitrogen and oxygen atoms in total. The third-order valence-electron chi connectivity index (χ3n) is 12.5. The van der Waals surface area contributed by atoms with Crippen molar-refractivity contribution in [1.29, 1.82) is 0 Å². The van der Waals surface area contributed by atoms with Crippen molar-refractivity contribution in [2.75, 3.05) is 13.2 Å². The number of ether oxygens (including phenoxy) is 5. The number of carbonyl (C=O) groups excluding carboxylic acids is 3. The van der Waals surface area contributed by atoms with Crippen LogP contribution in [0.25, 0.3) is 0 Å². The Balaban J connectivity index is 2.70. The van der Waals surface area contributed by atoms with Gasteiger partial charge in [0.05, 0.1) is 6.61 Å². The van der Waals surface area contributed by atoms with Gasteiger partial charge in [-0.2, -0.15) is 0 Å². The SMILES string of the molecule is CC/C=C\C/C=C\C/C=C\C/C=C\C/C=C\CCCC(=O)OCC(COC1OC(C(=O)O)C(O)C(O)C1OC(=O)CCCCCCCCC/C=C\C/C=C\CCCCC)OC(=O)CCCCCCCCCCC. The minimum absolute atomic E-state index is 0.0440. The monoisotopic (exact) mass is 1020 g/mol. The highest BCUT2D eigenvalue weighted by Crippen LogP contribution is 2.26. The van der Waals surface area contributed by atoms with Crippen LogP contribution in [0.3, 0.4) is 0 Å². The molecule has 1 aliphatic rings. The molecule has 416 valence electrons. The van der Waals surface area contributed by atoms with Crippen molar-refractivity contribution >= 4 is 23.9 Å². The van der Waals surface area contributed by atoms with Crippen LogP contribution in [0.4, 0.5) is 0 Å². The molecule has 73 heavy (non-hydrogen) atoms. The lowest BCUT2D eigenvalue weighted by Crippen LogP contribution is -2.61. The number of hydrogen-bond donors (Lipinski definition) is 3. The van der Waals surface area contributed by atoms with Crippen LogP contribution in [0.15, 0.2) is 85.1 Å². The molecule has 1 rings (SSSR count). The summed E-state index contributed by atoms with van der Waals surface area (Å²) in [6.45, 7) is 5.76. The van der Waals surface area contributed by atoms with Crippen LogP contribution >= 0.6 is 0 Å². The highest BCUT2D eigenvalue weighted by atomic mass is 16.7. The summed E-state index contributed by atoms with van der Waals surface area (Å²) in [5.74, 6) is -3.21. The molecule has 1 heterocycles. The van der Waals surface area contributed by atoms with Gasteiger partial charge in [0.15, 0.2) is 24.6 Å². The Hall–Kier alpha value is -4.10. The molecule has 0 amide bonds. The minimum Gasteiger partial charge on any atom is -0.479 e. The fourth-order valence-corrected chi connectivity index (χ4v) is 8.08. The summed E-state index contributed by atoms with van der Waals surface area (Å²) in [4.78, 5) is 50.9. The number of aliphatic hydroxyl groups excluding tert-OH is 2. The molecular formula is C61H100O12. The zero-order valence-corrected chi connectivity index (χ0v) is 45.6. The molecule has 3 N–H and O–H groups in total. The summed E-state index contributed by atoms with van der Waals surface area (Å²) in [5.41, 5.74) is 0. The normalized spacial score (nSPS) is 18.9. The Labute approximate surface area is 441 Å². The van der Waals surface area contributed by atoms with Crippen molar-refractivity contribution in [3.63, 3.8) is 0 Å².